The zero-order valence-electron chi connectivity index (χ0n) is 21.1. The summed E-state index contributed by atoms with van der Waals surface area (Å²) in [6, 6.07) is 10.9. The molecule has 6 nitrogen and oxygen atoms in total. The summed E-state index contributed by atoms with van der Waals surface area (Å²) in [5, 5.41) is 3.83. The number of nitrogens with one attached hydrogen (secondary N) is 1. The molecule has 1 N–H and O–H groups in total. The average molecular weight is 501 g/mol. The van der Waals surface area contributed by atoms with Crippen LogP contribution in [0.3, 0.4) is 0 Å². The van der Waals surface area contributed by atoms with Crippen LogP contribution in [0.5, 0.6) is 5.75 Å². The molecule has 3 rings (SSSR count). The molecular formula is C27H31F3N4O2. The molecule has 1 amide bonds. The number of likely N-dealkylation sites (N-methyl/N-ethyl adjacent to an activating group) is 2. The van der Waals surface area contributed by atoms with Gasteiger partial charge in [-0.15, -0.1) is 13.2 Å². The highest BCUT2D eigenvalue weighted by Gasteiger charge is 2.30. The number of alkyl halides is 3. The van der Waals surface area contributed by atoms with Gasteiger partial charge in [-0.2, -0.15) is 0 Å². The van der Waals surface area contributed by atoms with Gasteiger partial charge in [0.1, 0.15) is 11.6 Å². The van der Waals surface area contributed by atoms with Crippen molar-refractivity contribution in [3.05, 3.63) is 65.2 Å². The van der Waals surface area contributed by atoms with Gasteiger partial charge >= 0.3 is 6.36 Å². The van der Waals surface area contributed by atoms with Crippen LogP contribution in [-0.4, -0.2) is 56.4 Å². The molecule has 3 aromatic rings. The molecule has 0 fully saturated rings. The van der Waals surface area contributed by atoms with Crippen LogP contribution >= 0.6 is 0 Å². The maximum atomic E-state index is 12.5. The quantitative estimate of drug-likeness (QED) is 0.385. The lowest BCUT2D eigenvalue weighted by molar-refractivity contribution is -0.274. The molecule has 0 saturated heterocycles. The van der Waals surface area contributed by atoms with Gasteiger partial charge in [-0.05, 0) is 80.5 Å². The number of pyridine rings is 1. The molecule has 9 heteroatoms. The van der Waals surface area contributed by atoms with E-state index in [1.807, 2.05) is 39.3 Å². The first-order valence-electron chi connectivity index (χ1n) is 11.6. The van der Waals surface area contributed by atoms with Gasteiger partial charge in [0.2, 0.25) is 5.91 Å². The predicted molar refractivity (Wildman–Crippen MR) is 138 cm³/mol. The Balaban J connectivity index is 1.75. The monoisotopic (exact) mass is 500 g/mol. The number of benzene rings is 2. The minimum atomic E-state index is -4.74. The Bertz CT molecular complexity index is 1240. The fourth-order valence-corrected chi connectivity index (χ4v) is 3.91. The second-order valence-corrected chi connectivity index (χ2v) is 8.79. The van der Waals surface area contributed by atoms with E-state index in [0.29, 0.717) is 11.3 Å². The molecular weight excluding hydrogens is 469 g/mol. The molecule has 36 heavy (non-hydrogen) atoms. The minimum Gasteiger partial charge on any atom is -0.406 e. The number of carbonyl (C=O) groups is 1. The van der Waals surface area contributed by atoms with Gasteiger partial charge in [-0.25, -0.2) is 4.98 Å². The molecule has 1 aromatic heterocycles. The van der Waals surface area contributed by atoms with Crippen molar-refractivity contribution in [3.8, 4) is 5.75 Å². The molecule has 1 heterocycles. The van der Waals surface area contributed by atoms with Gasteiger partial charge in [0.25, 0.3) is 0 Å². The Labute approximate surface area is 209 Å². The third kappa shape index (κ3) is 7.21. The summed E-state index contributed by atoms with van der Waals surface area (Å²) in [5.74, 6) is 0.281. The highest BCUT2D eigenvalue weighted by Crippen LogP contribution is 2.30. The minimum absolute atomic E-state index is 0.317. The number of aryl methyl sites for hydroxylation is 1. The van der Waals surface area contributed by atoms with E-state index in [1.54, 1.807) is 0 Å². The first-order chi connectivity index (χ1) is 17.0. The zero-order valence-corrected chi connectivity index (χ0v) is 21.1. The Morgan fingerprint density at radius 1 is 1.08 bits per heavy atom. The molecule has 0 spiro atoms. The van der Waals surface area contributed by atoms with Crippen molar-refractivity contribution < 1.29 is 22.7 Å². The van der Waals surface area contributed by atoms with Crippen LogP contribution in [0.25, 0.3) is 17.0 Å². The lowest BCUT2D eigenvalue weighted by atomic mass is 10.0. The van der Waals surface area contributed by atoms with Crippen LogP contribution < -0.4 is 15.0 Å². The molecule has 0 bridgehead atoms. The van der Waals surface area contributed by atoms with Crippen molar-refractivity contribution in [2.45, 2.75) is 26.6 Å². The van der Waals surface area contributed by atoms with Crippen LogP contribution in [0, 0.1) is 6.92 Å². The maximum absolute atomic E-state index is 12.5. The van der Waals surface area contributed by atoms with Gasteiger partial charge in [0, 0.05) is 37.3 Å². The number of hydrogen-bond acceptors (Lipinski definition) is 5. The van der Waals surface area contributed by atoms with E-state index in [9.17, 15) is 18.0 Å². The second-order valence-electron chi connectivity index (χ2n) is 8.79. The largest absolute Gasteiger partial charge is 0.573 e. The number of rotatable bonds is 9. The fourth-order valence-electron chi connectivity index (χ4n) is 3.91. The van der Waals surface area contributed by atoms with Crippen molar-refractivity contribution in [3.63, 3.8) is 0 Å². The molecule has 0 saturated carbocycles. The van der Waals surface area contributed by atoms with Crippen molar-refractivity contribution in [2.24, 2.45) is 0 Å². The van der Waals surface area contributed by atoms with Gasteiger partial charge in [-0.3, -0.25) is 4.79 Å². The number of anilines is 2. The van der Waals surface area contributed by atoms with Crippen molar-refractivity contribution in [1.29, 1.82) is 0 Å². The summed E-state index contributed by atoms with van der Waals surface area (Å²) in [7, 11) is 6.13. The Morgan fingerprint density at radius 2 is 1.78 bits per heavy atom. The lowest BCUT2D eigenvalue weighted by Crippen LogP contribution is -2.29. The van der Waals surface area contributed by atoms with E-state index in [4.69, 9.17) is 4.98 Å². The van der Waals surface area contributed by atoms with Crippen LogP contribution in [0.1, 0.15) is 23.6 Å². The lowest BCUT2D eigenvalue weighted by Gasteiger charge is -2.24. The molecule has 0 radical (unpaired) electrons. The third-order valence-electron chi connectivity index (χ3n) is 5.74. The molecule has 0 aliphatic rings. The number of carbonyl (C=O) groups excluding carboxylic acids is 1. The number of amides is 1. The maximum Gasteiger partial charge on any atom is 0.573 e. The van der Waals surface area contributed by atoms with Gasteiger partial charge in [-0.1, -0.05) is 19.1 Å². The number of halogens is 3. The number of hydrogen-bond donors (Lipinski definition) is 1. The first-order valence-corrected chi connectivity index (χ1v) is 11.6. The highest BCUT2D eigenvalue weighted by molar-refractivity contribution is 6.03. The molecule has 0 unspecified atom stereocenters. The summed E-state index contributed by atoms with van der Waals surface area (Å²) in [4.78, 5) is 21.7. The topological polar surface area (TPSA) is 57.7 Å². The van der Waals surface area contributed by atoms with E-state index >= 15 is 0 Å². The Hall–Kier alpha value is -3.59. The van der Waals surface area contributed by atoms with Crippen LogP contribution in [0.2, 0.25) is 0 Å². The van der Waals surface area contributed by atoms with Crippen LogP contribution in [-0.2, 0) is 11.2 Å². The summed E-state index contributed by atoms with van der Waals surface area (Å²) >= 11 is 0. The van der Waals surface area contributed by atoms with Crippen LogP contribution in [0.4, 0.5) is 24.7 Å². The van der Waals surface area contributed by atoms with Gasteiger partial charge in [0.15, 0.2) is 0 Å². The Morgan fingerprint density at radius 3 is 2.39 bits per heavy atom. The summed E-state index contributed by atoms with van der Waals surface area (Å²) in [5.41, 5.74) is 4.36. The molecule has 2 aromatic carbocycles. The number of fused-ring (bicyclic) bond motifs is 1. The Kier molecular flexibility index (Phi) is 8.57. The second kappa shape index (κ2) is 11.4. The first kappa shape index (κ1) is 27.0. The van der Waals surface area contributed by atoms with E-state index in [2.05, 4.69) is 33.7 Å². The molecule has 0 aliphatic carbocycles. The third-order valence-corrected chi connectivity index (χ3v) is 5.74. The van der Waals surface area contributed by atoms with Crippen LogP contribution in [0.15, 0.2) is 48.5 Å². The molecule has 0 aliphatic heterocycles. The summed E-state index contributed by atoms with van der Waals surface area (Å²) in [6.07, 6.45) is -1.07. The van der Waals surface area contributed by atoms with Gasteiger partial charge < -0.3 is 19.9 Å². The van der Waals surface area contributed by atoms with Gasteiger partial charge in [0.05, 0.1) is 5.52 Å². The van der Waals surface area contributed by atoms with Crippen molar-refractivity contribution in [1.82, 2.24) is 9.88 Å². The van der Waals surface area contributed by atoms with Crippen molar-refractivity contribution >= 4 is 34.4 Å². The van der Waals surface area contributed by atoms with E-state index in [0.717, 1.165) is 41.8 Å². The number of aromatic nitrogens is 1. The highest BCUT2D eigenvalue weighted by atomic mass is 19.4. The molecule has 192 valence electrons. The van der Waals surface area contributed by atoms with E-state index < -0.39 is 6.36 Å². The van der Waals surface area contributed by atoms with E-state index in [1.165, 1.54) is 42.0 Å². The van der Waals surface area contributed by atoms with Crippen molar-refractivity contribution in [2.75, 3.05) is 44.4 Å². The zero-order chi connectivity index (χ0) is 26.5. The fraction of sp³-hybridized carbons (Fsp3) is 0.333. The number of nitrogens with zero attached hydrogens (tertiary/aromatic N) is 3. The standard InChI is InChI=1S/C27H31F3N4O2/c1-6-22-18(2)26(34(5)16-15-33(3)4)32-24-13-10-20(17-23(22)24)31-25(35)14-9-19-7-11-21(12-8-19)36-27(28,29)30/h7-14,17H,6,15-16H2,1-5H3,(H,31,35). The molecule has 0 atom stereocenters. The summed E-state index contributed by atoms with van der Waals surface area (Å²) < 4.78 is 40.7. The normalized spacial score (nSPS) is 11.9. The predicted octanol–water partition coefficient (Wildman–Crippen LogP) is 5.65. The number of ether oxygens (including phenoxy) is 1. The average Bonchev–Trinajstić information content (AvgIpc) is 2.81. The smallest absolute Gasteiger partial charge is 0.406 e. The van der Waals surface area contributed by atoms with E-state index in [-0.39, 0.29) is 11.7 Å². The summed E-state index contributed by atoms with van der Waals surface area (Å²) in [6.45, 7) is 5.95. The SMILES string of the molecule is CCc1c(C)c(N(C)CCN(C)C)nc2ccc(NC(=O)C=Cc3ccc(OC(F)(F)F)cc3)cc12.